The lowest BCUT2D eigenvalue weighted by molar-refractivity contribution is -0.317. The Balaban J connectivity index is 1.62. The van der Waals surface area contributed by atoms with E-state index >= 15 is 0 Å². The molecule has 6 atom stereocenters. The maximum atomic E-state index is 6.59. The lowest BCUT2D eigenvalue weighted by Crippen LogP contribution is -2.66. The maximum absolute atomic E-state index is 6.59. The number of likely N-dealkylation sites (N-methyl/N-ethyl adjacent to an activating group) is 2. The van der Waals surface area contributed by atoms with Gasteiger partial charge in [-0.15, -0.1) is 0 Å². The van der Waals surface area contributed by atoms with E-state index in [2.05, 4.69) is 86.3 Å². The highest BCUT2D eigenvalue weighted by Gasteiger charge is 2.49. The second-order valence-corrected chi connectivity index (χ2v) is 7.53. The van der Waals surface area contributed by atoms with Gasteiger partial charge in [0.15, 0.2) is 12.5 Å². The summed E-state index contributed by atoms with van der Waals surface area (Å²) in [6.07, 6.45) is -0.101. The molecule has 2 aliphatic rings. The Kier molecular flexibility index (Phi) is 4.84. The summed E-state index contributed by atoms with van der Waals surface area (Å²) in [7, 11) is 4.29. The van der Waals surface area contributed by atoms with Crippen molar-refractivity contribution in [1.82, 2.24) is 9.80 Å². The Morgan fingerprint density at radius 1 is 0.615 bits per heavy atom. The van der Waals surface area contributed by atoms with Crippen molar-refractivity contribution in [3.8, 4) is 0 Å². The Hall–Kier alpha value is -1.72. The molecule has 0 spiro atoms. The van der Waals surface area contributed by atoms with Gasteiger partial charge in [0.05, 0.1) is 0 Å². The third kappa shape index (κ3) is 2.97. The molecule has 2 aliphatic heterocycles. The summed E-state index contributed by atoms with van der Waals surface area (Å²) in [5, 5.41) is 0. The van der Waals surface area contributed by atoms with Gasteiger partial charge in [-0.3, -0.25) is 9.80 Å². The van der Waals surface area contributed by atoms with Gasteiger partial charge < -0.3 is 9.47 Å². The lowest BCUT2D eigenvalue weighted by atomic mass is 9.96. The van der Waals surface area contributed by atoms with E-state index in [1.54, 1.807) is 0 Å². The van der Waals surface area contributed by atoms with Crippen LogP contribution in [0, 0.1) is 0 Å². The molecule has 0 saturated carbocycles. The predicted molar refractivity (Wildman–Crippen MR) is 103 cm³/mol. The minimum Gasteiger partial charge on any atom is -0.349 e. The van der Waals surface area contributed by atoms with Gasteiger partial charge in [-0.2, -0.15) is 0 Å². The van der Waals surface area contributed by atoms with Crippen molar-refractivity contribution < 1.29 is 9.47 Å². The van der Waals surface area contributed by atoms with Crippen LogP contribution in [0.15, 0.2) is 60.7 Å². The van der Waals surface area contributed by atoms with Crippen LogP contribution < -0.4 is 0 Å². The van der Waals surface area contributed by atoms with E-state index in [-0.39, 0.29) is 36.7 Å². The van der Waals surface area contributed by atoms with E-state index in [4.69, 9.17) is 9.47 Å². The largest absolute Gasteiger partial charge is 0.349 e. The molecule has 2 saturated heterocycles. The lowest BCUT2D eigenvalue weighted by Gasteiger charge is -2.55. The number of nitrogens with zero attached hydrogens (tertiary/aromatic N) is 2. The summed E-state index contributed by atoms with van der Waals surface area (Å²) >= 11 is 0. The maximum Gasteiger partial charge on any atom is 0.151 e. The summed E-state index contributed by atoms with van der Waals surface area (Å²) in [5.74, 6) is 0. The Bertz CT molecular complexity index is 660. The molecule has 26 heavy (non-hydrogen) atoms. The molecule has 2 aromatic carbocycles. The van der Waals surface area contributed by atoms with Crippen molar-refractivity contribution in [2.75, 3.05) is 14.1 Å². The van der Waals surface area contributed by atoms with E-state index in [1.165, 1.54) is 11.1 Å². The number of benzene rings is 2. The molecule has 0 N–H and O–H groups in total. The smallest absolute Gasteiger partial charge is 0.151 e. The fourth-order valence-corrected chi connectivity index (χ4v) is 4.15. The fraction of sp³-hybridized carbons (Fsp3) is 0.455. The molecule has 2 heterocycles. The fourth-order valence-electron chi connectivity index (χ4n) is 4.15. The number of fused-ring (bicyclic) bond motifs is 1. The molecule has 0 radical (unpaired) electrons. The number of hydrogen-bond acceptors (Lipinski definition) is 4. The van der Waals surface area contributed by atoms with Crippen molar-refractivity contribution in [3.05, 3.63) is 71.8 Å². The molecule has 0 aliphatic carbocycles. The molecule has 138 valence electrons. The first-order valence-corrected chi connectivity index (χ1v) is 9.42. The summed E-state index contributed by atoms with van der Waals surface area (Å²) in [6, 6.07) is 21.5. The molecule has 0 unspecified atom stereocenters. The molecule has 0 bridgehead atoms. The highest BCUT2D eigenvalue weighted by molar-refractivity contribution is 5.22. The van der Waals surface area contributed by atoms with Crippen LogP contribution in [-0.2, 0) is 9.47 Å². The number of morpholine rings is 2. The average Bonchev–Trinajstić information content (AvgIpc) is 2.69. The zero-order chi connectivity index (χ0) is 18.3. The molecule has 4 nitrogen and oxygen atoms in total. The zero-order valence-corrected chi connectivity index (χ0v) is 15.9. The highest BCUT2D eigenvalue weighted by Crippen LogP contribution is 2.41. The summed E-state index contributed by atoms with van der Waals surface area (Å²) in [4.78, 5) is 4.65. The van der Waals surface area contributed by atoms with Gasteiger partial charge in [0.2, 0.25) is 0 Å². The minimum absolute atomic E-state index is 0.0361. The molecular formula is C22H28N2O2. The molecule has 2 fully saturated rings. The first-order chi connectivity index (χ1) is 12.6. The monoisotopic (exact) mass is 352 g/mol. The van der Waals surface area contributed by atoms with E-state index in [9.17, 15) is 0 Å². The second-order valence-electron chi connectivity index (χ2n) is 7.53. The van der Waals surface area contributed by atoms with Crippen LogP contribution >= 0.6 is 0 Å². The van der Waals surface area contributed by atoms with Crippen molar-refractivity contribution in [2.45, 2.75) is 50.6 Å². The Morgan fingerprint density at radius 2 is 0.962 bits per heavy atom. The third-order valence-corrected chi connectivity index (χ3v) is 6.04. The number of hydrogen-bond donors (Lipinski definition) is 0. The van der Waals surface area contributed by atoms with Crippen LogP contribution in [0.4, 0.5) is 0 Å². The van der Waals surface area contributed by atoms with E-state index in [0.717, 1.165) is 0 Å². The van der Waals surface area contributed by atoms with Gasteiger partial charge in [0, 0.05) is 12.1 Å². The molecule has 4 rings (SSSR count). The minimum atomic E-state index is -0.0867. The van der Waals surface area contributed by atoms with Crippen LogP contribution in [0.3, 0.4) is 0 Å². The first kappa shape index (κ1) is 17.7. The van der Waals surface area contributed by atoms with Gasteiger partial charge in [0.25, 0.3) is 0 Å². The van der Waals surface area contributed by atoms with Crippen molar-refractivity contribution >= 4 is 0 Å². The summed E-state index contributed by atoms with van der Waals surface area (Å²) in [6.45, 7) is 4.43. The molecule has 4 heteroatoms. The van der Waals surface area contributed by atoms with Gasteiger partial charge in [-0.05, 0) is 39.1 Å². The van der Waals surface area contributed by atoms with E-state index in [0.29, 0.717) is 0 Å². The van der Waals surface area contributed by atoms with Crippen molar-refractivity contribution in [3.63, 3.8) is 0 Å². The SMILES string of the molecule is C[C@@H]1[C@H](c2ccccc2)O[C@H]2[C@H](O[C@@H](c3ccccc3)[C@@H](C)N2C)N1C. The van der Waals surface area contributed by atoms with Gasteiger partial charge in [0.1, 0.15) is 12.2 Å². The first-order valence-electron chi connectivity index (χ1n) is 9.42. The highest BCUT2D eigenvalue weighted by atomic mass is 16.6. The second kappa shape index (κ2) is 7.12. The van der Waals surface area contributed by atoms with Crippen LogP contribution in [0.25, 0.3) is 0 Å². The van der Waals surface area contributed by atoms with Gasteiger partial charge in [-0.1, -0.05) is 60.7 Å². The summed E-state index contributed by atoms with van der Waals surface area (Å²) in [5.41, 5.74) is 2.44. The number of ether oxygens (including phenoxy) is 2. The van der Waals surface area contributed by atoms with Crippen LogP contribution in [0.1, 0.15) is 37.2 Å². The Morgan fingerprint density at radius 3 is 1.31 bits per heavy atom. The normalized spacial score (nSPS) is 35.8. The molecule has 0 amide bonds. The topological polar surface area (TPSA) is 24.9 Å². The van der Waals surface area contributed by atoms with Crippen LogP contribution in [0.5, 0.6) is 0 Å². The van der Waals surface area contributed by atoms with E-state index < -0.39 is 0 Å². The molecular weight excluding hydrogens is 324 g/mol. The summed E-state index contributed by atoms with van der Waals surface area (Å²) < 4.78 is 13.2. The third-order valence-electron chi connectivity index (χ3n) is 6.04. The standard InChI is InChI=1S/C22H28N2O2/c1-15-19(17-11-7-5-8-12-17)25-22-21(23(15)3)26-20(16(2)24(22)4)18-13-9-6-10-14-18/h5-16,19-22H,1-4H3/t15-,16-,19-,20-,21+,22+/m1/s1. The van der Waals surface area contributed by atoms with Crippen molar-refractivity contribution in [1.29, 1.82) is 0 Å². The van der Waals surface area contributed by atoms with E-state index in [1.807, 2.05) is 12.1 Å². The molecule has 0 aromatic heterocycles. The van der Waals surface area contributed by atoms with Gasteiger partial charge >= 0.3 is 0 Å². The van der Waals surface area contributed by atoms with Gasteiger partial charge in [-0.25, -0.2) is 0 Å². The Labute approximate surface area is 156 Å². The van der Waals surface area contributed by atoms with Crippen molar-refractivity contribution in [2.24, 2.45) is 0 Å². The van der Waals surface area contributed by atoms with Crippen LogP contribution in [0.2, 0.25) is 0 Å². The van der Waals surface area contributed by atoms with Crippen LogP contribution in [-0.4, -0.2) is 48.4 Å². The number of rotatable bonds is 2. The predicted octanol–water partition coefficient (Wildman–Crippen LogP) is 3.82. The zero-order valence-electron chi connectivity index (χ0n) is 15.9. The molecule has 2 aromatic rings. The quantitative estimate of drug-likeness (QED) is 0.820. The average molecular weight is 352 g/mol.